The van der Waals surface area contributed by atoms with Crippen LogP contribution in [-0.4, -0.2) is 15.9 Å². The van der Waals surface area contributed by atoms with E-state index in [2.05, 4.69) is 26.7 Å². The molecule has 5 nitrogen and oxygen atoms in total. The molecule has 3 rings (SSSR count). The third kappa shape index (κ3) is 4.37. The molecular weight excluding hydrogens is 348 g/mol. The zero-order valence-electron chi connectivity index (χ0n) is 14.8. The number of aromatic nitrogens is 2. The summed E-state index contributed by atoms with van der Waals surface area (Å²) in [5.41, 5.74) is 5.18. The Morgan fingerprint density at radius 3 is 2.23 bits per heavy atom. The zero-order chi connectivity index (χ0) is 18.7. The first-order chi connectivity index (χ1) is 12.4. The summed E-state index contributed by atoms with van der Waals surface area (Å²) in [5, 5.41) is 6.66. The number of benzene rings is 2. The summed E-state index contributed by atoms with van der Waals surface area (Å²) in [6, 6.07) is 11.4. The van der Waals surface area contributed by atoms with Crippen molar-refractivity contribution < 1.29 is 4.79 Å². The molecule has 0 saturated heterocycles. The zero-order valence-corrected chi connectivity index (χ0v) is 15.6. The molecule has 6 heteroatoms. The molecule has 1 heterocycles. The molecule has 0 fully saturated rings. The number of carbonyl (C=O) groups excluding carboxylic acids is 1. The van der Waals surface area contributed by atoms with Crippen LogP contribution in [0.5, 0.6) is 0 Å². The number of hydrogen-bond donors (Lipinski definition) is 2. The molecule has 132 valence electrons. The van der Waals surface area contributed by atoms with E-state index in [0.29, 0.717) is 16.5 Å². The van der Waals surface area contributed by atoms with E-state index in [0.717, 1.165) is 28.1 Å². The molecule has 0 atom stereocenters. The van der Waals surface area contributed by atoms with Crippen molar-refractivity contribution in [3.8, 4) is 0 Å². The van der Waals surface area contributed by atoms with E-state index in [4.69, 9.17) is 11.6 Å². The summed E-state index contributed by atoms with van der Waals surface area (Å²) in [6.07, 6.45) is 3.00. The Bertz CT molecular complexity index is 934. The second-order valence-electron chi connectivity index (χ2n) is 6.21. The summed E-state index contributed by atoms with van der Waals surface area (Å²) in [7, 11) is 0. The lowest BCUT2D eigenvalue weighted by molar-refractivity contribution is 0.102. The van der Waals surface area contributed by atoms with E-state index in [1.54, 1.807) is 6.07 Å². The van der Waals surface area contributed by atoms with Crippen molar-refractivity contribution in [2.75, 3.05) is 10.6 Å². The number of nitrogens with one attached hydrogen (secondary N) is 2. The van der Waals surface area contributed by atoms with Crippen LogP contribution in [-0.2, 0) is 0 Å². The molecule has 0 saturated carbocycles. The lowest BCUT2D eigenvalue weighted by Gasteiger charge is -2.09. The van der Waals surface area contributed by atoms with Crippen LogP contribution < -0.4 is 10.6 Å². The van der Waals surface area contributed by atoms with Crippen LogP contribution in [0.3, 0.4) is 0 Å². The van der Waals surface area contributed by atoms with Crippen LogP contribution in [0.2, 0.25) is 5.02 Å². The average molecular weight is 367 g/mol. The second kappa shape index (κ2) is 7.54. The highest BCUT2D eigenvalue weighted by atomic mass is 35.5. The van der Waals surface area contributed by atoms with Crippen molar-refractivity contribution >= 4 is 34.8 Å². The van der Waals surface area contributed by atoms with Crippen LogP contribution >= 0.6 is 11.6 Å². The average Bonchev–Trinajstić information content (AvgIpc) is 2.57. The second-order valence-corrected chi connectivity index (χ2v) is 6.65. The highest BCUT2D eigenvalue weighted by molar-refractivity contribution is 6.30. The number of rotatable bonds is 4. The van der Waals surface area contributed by atoms with Gasteiger partial charge in [0.15, 0.2) is 0 Å². The van der Waals surface area contributed by atoms with Gasteiger partial charge in [0.2, 0.25) is 5.95 Å². The van der Waals surface area contributed by atoms with Gasteiger partial charge in [0.25, 0.3) is 5.91 Å². The minimum Gasteiger partial charge on any atom is -0.324 e. The molecule has 2 N–H and O–H groups in total. The van der Waals surface area contributed by atoms with E-state index < -0.39 is 0 Å². The van der Waals surface area contributed by atoms with Gasteiger partial charge >= 0.3 is 0 Å². The fourth-order valence-corrected chi connectivity index (χ4v) is 2.87. The van der Waals surface area contributed by atoms with Crippen molar-refractivity contribution in [1.29, 1.82) is 0 Å². The predicted molar refractivity (Wildman–Crippen MR) is 105 cm³/mol. The van der Waals surface area contributed by atoms with Gasteiger partial charge in [0.1, 0.15) is 0 Å². The van der Waals surface area contributed by atoms with Gasteiger partial charge < -0.3 is 10.6 Å². The summed E-state index contributed by atoms with van der Waals surface area (Å²) in [5.74, 6) is 0.169. The highest BCUT2D eigenvalue weighted by Crippen LogP contribution is 2.22. The number of amides is 1. The standard InChI is InChI=1S/C20H19ClN4O/c1-12-6-13(2)8-17(7-12)24-19(26)15-10-22-20(23-11-15)25-18-5-4-16(21)9-14(18)3/h4-11H,1-3H3,(H,24,26)(H,22,23,25). The van der Waals surface area contributed by atoms with Gasteiger partial charge in [-0.05, 0) is 67.8 Å². The number of anilines is 3. The number of hydrogen-bond acceptors (Lipinski definition) is 4. The molecule has 2 aromatic carbocycles. The number of aryl methyl sites for hydroxylation is 3. The smallest absolute Gasteiger partial charge is 0.258 e. The predicted octanol–water partition coefficient (Wildman–Crippen LogP) is 5.05. The monoisotopic (exact) mass is 366 g/mol. The van der Waals surface area contributed by atoms with Gasteiger partial charge in [0.05, 0.1) is 5.56 Å². The number of halogens is 1. The fraction of sp³-hybridized carbons (Fsp3) is 0.150. The quantitative estimate of drug-likeness (QED) is 0.678. The molecule has 1 aromatic heterocycles. The number of carbonyl (C=O) groups is 1. The van der Waals surface area contributed by atoms with Crippen LogP contribution in [0, 0.1) is 20.8 Å². The first-order valence-corrected chi connectivity index (χ1v) is 8.53. The van der Waals surface area contributed by atoms with E-state index in [1.807, 2.05) is 45.0 Å². The van der Waals surface area contributed by atoms with Crippen LogP contribution in [0.1, 0.15) is 27.0 Å². The van der Waals surface area contributed by atoms with E-state index in [1.165, 1.54) is 12.4 Å². The molecular formula is C20H19ClN4O. The molecule has 0 aliphatic heterocycles. The third-order valence-corrected chi connectivity index (χ3v) is 4.06. The van der Waals surface area contributed by atoms with Gasteiger partial charge in [-0.2, -0.15) is 0 Å². The maximum atomic E-state index is 12.4. The summed E-state index contributed by atoms with van der Waals surface area (Å²) in [4.78, 5) is 20.8. The first-order valence-electron chi connectivity index (χ1n) is 8.15. The molecule has 0 radical (unpaired) electrons. The lowest BCUT2D eigenvalue weighted by Crippen LogP contribution is -2.13. The minimum absolute atomic E-state index is 0.246. The fourth-order valence-electron chi connectivity index (χ4n) is 2.65. The minimum atomic E-state index is -0.246. The van der Waals surface area contributed by atoms with Gasteiger partial charge in [-0.25, -0.2) is 9.97 Å². The topological polar surface area (TPSA) is 66.9 Å². The maximum absolute atomic E-state index is 12.4. The molecule has 26 heavy (non-hydrogen) atoms. The molecule has 0 aliphatic carbocycles. The lowest BCUT2D eigenvalue weighted by atomic mass is 10.1. The Hall–Kier alpha value is -2.92. The molecule has 0 unspecified atom stereocenters. The Labute approximate surface area is 157 Å². The maximum Gasteiger partial charge on any atom is 0.258 e. The Balaban J connectivity index is 1.71. The Morgan fingerprint density at radius 1 is 0.962 bits per heavy atom. The van der Waals surface area contributed by atoms with Crippen molar-refractivity contribution in [1.82, 2.24) is 9.97 Å². The molecule has 3 aromatic rings. The SMILES string of the molecule is Cc1cc(C)cc(NC(=O)c2cnc(Nc3ccc(Cl)cc3C)nc2)c1. The summed E-state index contributed by atoms with van der Waals surface area (Å²) in [6.45, 7) is 5.93. The van der Waals surface area contributed by atoms with E-state index in [9.17, 15) is 4.79 Å². The van der Waals surface area contributed by atoms with Crippen molar-refractivity contribution in [2.45, 2.75) is 20.8 Å². The van der Waals surface area contributed by atoms with Crippen molar-refractivity contribution in [3.05, 3.63) is 76.1 Å². The van der Waals surface area contributed by atoms with Crippen LogP contribution in [0.15, 0.2) is 48.8 Å². The molecule has 0 aliphatic rings. The van der Waals surface area contributed by atoms with Gasteiger partial charge in [-0.1, -0.05) is 17.7 Å². The highest BCUT2D eigenvalue weighted by Gasteiger charge is 2.09. The normalized spacial score (nSPS) is 10.5. The Kier molecular flexibility index (Phi) is 5.19. The summed E-state index contributed by atoms with van der Waals surface area (Å²) >= 11 is 5.96. The first kappa shape index (κ1) is 17.9. The largest absolute Gasteiger partial charge is 0.324 e. The van der Waals surface area contributed by atoms with E-state index in [-0.39, 0.29) is 5.91 Å². The molecule has 0 spiro atoms. The molecule has 1 amide bonds. The van der Waals surface area contributed by atoms with Gasteiger partial charge in [0, 0.05) is 28.8 Å². The van der Waals surface area contributed by atoms with Crippen LogP contribution in [0.4, 0.5) is 17.3 Å². The van der Waals surface area contributed by atoms with Crippen LogP contribution in [0.25, 0.3) is 0 Å². The van der Waals surface area contributed by atoms with Crippen molar-refractivity contribution in [2.24, 2.45) is 0 Å². The number of nitrogens with zero attached hydrogens (tertiary/aromatic N) is 2. The van der Waals surface area contributed by atoms with Gasteiger partial charge in [-0.15, -0.1) is 0 Å². The molecule has 0 bridgehead atoms. The van der Waals surface area contributed by atoms with Crippen molar-refractivity contribution in [3.63, 3.8) is 0 Å². The Morgan fingerprint density at radius 2 is 1.62 bits per heavy atom. The van der Waals surface area contributed by atoms with Gasteiger partial charge in [-0.3, -0.25) is 4.79 Å². The third-order valence-electron chi connectivity index (χ3n) is 3.83. The summed E-state index contributed by atoms with van der Waals surface area (Å²) < 4.78 is 0. The van der Waals surface area contributed by atoms with E-state index >= 15 is 0 Å².